The lowest BCUT2D eigenvalue weighted by atomic mass is 9.88. The van der Waals surface area contributed by atoms with Gasteiger partial charge in [0.25, 0.3) is 0 Å². The number of rotatable bonds is 6. The van der Waals surface area contributed by atoms with Gasteiger partial charge in [-0.05, 0) is 42.3 Å². The van der Waals surface area contributed by atoms with Crippen molar-refractivity contribution >= 4 is 22.7 Å². The lowest BCUT2D eigenvalue weighted by molar-refractivity contribution is 0.562. The van der Waals surface area contributed by atoms with Crippen LogP contribution in [-0.2, 0) is 17.6 Å². The van der Waals surface area contributed by atoms with Gasteiger partial charge in [-0.1, -0.05) is 25.1 Å². The van der Waals surface area contributed by atoms with Gasteiger partial charge in [-0.25, -0.2) is 26.8 Å². The standard InChI is InChI=1S/C23H21F4N3O2S/c1-12-4-3-5-16(25)20(12)13(2)21-17(26)8-9-19(33(31)32)22(21)30-23(28)29-11-14-6-7-15(24)10-18(14)27/h3-10,13H,11H2,1-2H3,(H,31,32)(H3,28,29,30)/t13-/m1/s1. The number of aryl methyl sites for hydroxylation is 1. The minimum absolute atomic E-state index is 0.0573. The van der Waals surface area contributed by atoms with E-state index in [2.05, 4.69) is 10.3 Å². The minimum Gasteiger partial charge on any atom is -0.370 e. The molecule has 0 saturated carbocycles. The van der Waals surface area contributed by atoms with Crippen LogP contribution in [0.5, 0.6) is 0 Å². The number of nitrogens with one attached hydrogen (secondary N) is 1. The molecule has 0 aliphatic carbocycles. The van der Waals surface area contributed by atoms with Crippen molar-refractivity contribution in [1.29, 1.82) is 0 Å². The van der Waals surface area contributed by atoms with Crippen molar-refractivity contribution in [3.63, 3.8) is 0 Å². The van der Waals surface area contributed by atoms with Crippen LogP contribution in [0.3, 0.4) is 0 Å². The number of guanidine groups is 1. The van der Waals surface area contributed by atoms with Gasteiger partial charge in [0.2, 0.25) is 0 Å². The molecule has 0 aromatic heterocycles. The van der Waals surface area contributed by atoms with Crippen molar-refractivity contribution in [1.82, 2.24) is 0 Å². The van der Waals surface area contributed by atoms with Crippen LogP contribution in [-0.4, -0.2) is 14.7 Å². The Morgan fingerprint density at radius 3 is 2.39 bits per heavy atom. The smallest absolute Gasteiger partial charge is 0.193 e. The molecular weight excluding hydrogens is 458 g/mol. The summed E-state index contributed by atoms with van der Waals surface area (Å²) in [5, 5.41) is 2.61. The molecule has 5 nitrogen and oxygen atoms in total. The average Bonchev–Trinajstić information content (AvgIpc) is 2.72. The molecular formula is C23H21F4N3O2S. The highest BCUT2D eigenvalue weighted by atomic mass is 32.2. The molecule has 3 rings (SSSR count). The first kappa shape index (κ1) is 24.4. The number of aliphatic imine (C=N–C) groups is 1. The zero-order chi connectivity index (χ0) is 24.3. The van der Waals surface area contributed by atoms with Gasteiger partial charge in [-0.15, -0.1) is 0 Å². The second-order valence-electron chi connectivity index (χ2n) is 7.34. The molecule has 0 radical (unpaired) electrons. The van der Waals surface area contributed by atoms with Gasteiger partial charge in [0.1, 0.15) is 23.3 Å². The highest BCUT2D eigenvalue weighted by Crippen LogP contribution is 2.38. The number of nitrogens with two attached hydrogens (primary N) is 1. The van der Waals surface area contributed by atoms with Crippen LogP contribution in [0.15, 0.2) is 58.4 Å². The maximum absolute atomic E-state index is 15.0. The lowest BCUT2D eigenvalue weighted by Gasteiger charge is -2.22. The number of hydrogen-bond acceptors (Lipinski definition) is 2. The van der Waals surface area contributed by atoms with Gasteiger partial charge < -0.3 is 15.6 Å². The van der Waals surface area contributed by atoms with Crippen LogP contribution in [0, 0.1) is 30.2 Å². The van der Waals surface area contributed by atoms with E-state index in [0.29, 0.717) is 11.6 Å². The van der Waals surface area contributed by atoms with E-state index in [1.54, 1.807) is 19.9 Å². The molecule has 0 aliphatic rings. The summed E-state index contributed by atoms with van der Waals surface area (Å²) in [4.78, 5) is 3.77. The van der Waals surface area contributed by atoms with Crippen molar-refractivity contribution in [3.8, 4) is 0 Å². The Balaban J connectivity index is 2.04. The molecule has 0 heterocycles. The molecule has 0 saturated heterocycles. The average molecular weight is 479 g/mol. The van der Waals surface area contributed by atoms with Gasteiger partial charge in [0.05, 0.1) is 17.1 Å². The third kappa shape index (κ3) is 5.40. The molecule has 3 aromatic rings. The Kier molecular flexibility index (Phi) is 7.50. The second kappa shape index (κ2) is 10.1. The van der Waals surface area contributed by atoms with E-state index in [-0.39, 0.29) is 39.8 Å². The van der Waals surface area contributed by atoms with Crippen LogP contribution < -0.4 is 11.1 Å². The molecule has 0 aliphatic heterocycles. The summed E-state index contributed by atoms with van der Waals surface area (Å²) >= 11 is -2.54. The zero-order valence-corrected chi connectivity index (χ0v) is 18.5. The maximum atomic E-state index is 15.0. The Morgan fingerprint density at radius 1 is 1.06 bits per heavy atom. The van der Waals surface area contributed by atoms with Gasteiger partial charge in [0.15, 0.2) is 17.0 Å². The first-order valence-electron chi connectivity index (χ1n) is 9.79. The largest absolute Gasteiger partial charge is 0.370 e. The maximum Gasteiger partial charge on any atom is 0.193 e. The van der Waals surface area contributed by atoms with E-state index in [9.17, 15) is 26.3 Å². The van der Waals surface area contributed by atoms with Crippen molar-refractivity contribution in [3.05, 3.63) is 94.1 Å². The zero-order valence-electron chi connectivity index (χ0n) is 17.7. The first-order chi connectivity index (χ1) is 15.6. The van der Waals surface area contributed by atoms with Crippen molar-refractivity contribution in [2.24, 2.45) is 10.7 Å². The topological polar surface area (TPSA) is 87.7 Å². The molecule has 0 amide bonds. The quantitative estimate of drug-likeness (QED) is 0.196. The highest BCUT2D eigenvalue weighted by Gasteiger charge is 2.26. The first-order valence-corrected chi connectivity index (χ1v) is 10.9. The van der Waals surface area contributed by atoms with E-state index >= 15 is 0 Å². The summed E-state index contributed by atoms with van der Waals surface area (Å²) in [5.41, 5.74) is 6.49. The van der Waals surface area contributed by atoms with Crippen molar-refractivity contribution in [2.75, 3.05) is 5.32 Å². The summed E-state index contributed by atoms with van der Waals surface area (Å²) in [6.45, 7) is 2.95. The SMILES string of the molecule is Cc1cccc(F)c1[C@@H](C)c1c(F)ccc(S(=O)O)c1NC(N)=NCc1ccc(F)cc1F. The van der Waals surface area contributed by atoms with E-state index < -0.39 is 40.3 Å². The van der Waals surface area contributed by atoms with Crippen LogP contribution in [0.25, 0.3) is 0 Å². The highest BCUT2D eigenvalue weighted by molar-refractivity contribution is 7.79. The number of anilines is 1. The fourth-order valence-electron chi connectivity index (χ4n) is 3.60. The predicted molar refractivity (Wildman–Crippen MR) is 119 cm³/mol. The Labute approximate surface area is 190 Å². The van der Waals surface area contributed by atoms with E-state index in [4.69, 9.17) is 5.73 Å². The molecule has 0 spiro atoms. The summed E-state index contributed by atoms with van der Waals surface area (Å²) in [6.07, 6.45) is 0. The predicted octanol–water partition coefficient (Wildman–Crippen LogP) is 5.21. The summed E-state index contributed by atoms with van der Waals surface area (Å²) in [7, 11) is 0. The number of nitrogens with zero attached hydrogens (tertiary/aromatic N) is 1. The lowest BCUT2D eigenvalue weighted by Crippen LogP contribution is -2.25. The van der Waals surface area contributed by atoms with Crippen molar-refractivity contribution in [2.45, 2.75) is 31.2 Å². The molecule has 10 heteroatoms. The fourth-order valence-corrected chi connectivity index (χ4v) is 4.12. The summed E-state index contributed by atoms with van der Waals surface area (Å²) in [6, 6.07) is 9.51. The third-order valence-corrected chi connectivity index (χ3v) is 5.88. The molecule has 33 heavy (non-hydrogen) atoms. The molecule has 0 bridgehead atoms. The van der Waals surface area contributed by atoms with Gasteiger partial charge in [-0.2, -0.15) is 0 Å². The van der Waals surface area contributed by atoms with E-state index in [1.807, 2.05) is 0 Å². The van der Waals surface area contributed by atoms with Crippen LogP contribution in [0.4, 0.5) is 23.2 Å². The summed E-state index contributed by atoms with van der Waals surface area (Å²) < 4.78 is 78.2. The number of hydrogen-bond donors (Lipinski definition) is 3. The Morgan fingerprint density at radius 2 is 1.76 bits per heavy atom. The third-order valence-electron chi connectivity index (χ3n) is 5.17. The number of halogens is 4. The van der Waals surface area contributed by atoms with Crippen molar-refractivity contribution < 1.29 is 26.3 Å². The van der Waals surface area contributed by atoms with E-state index in [1.165, 1.54) is 18.2 Å². The van der Waals surface area contributed by atoms with Crippen LogP contribution in [0.1, 0.15) is 35.1 Å². The molecule has 2 atom stereocenters. The van der Waals surface area contributed by atoms with Gasteiger partial charge in [0, 0.05) is 23.1 Å². The molecule has 3 aromatic carbocycles. The molecule has 4 N–H and O–H groups in total. The fraction of sp³-hybridized carbons (Fsp3) is 0.174. The minimum atomic E-state index is -2.54. The Bertz CT molecular complexity index is 1230. The normalized spacial score (nSPS) is 13.6. The monoisotopic (exact) mass is 479 g/mol. The second-order valence-corrected chi connectivity index (χ2v) is 8.28. The molecule has 1 unspecified atom stereocenters. The Hall–Kier alpha value is -3.24. The van der Waals surface area contributed by atoms with Gasteiger partial charge in [-0.3, -0.25) is 0 Å². The molecule has 0 fully saturated rings. The van der Waals surface area contributed by atoms with Gasteiger partial charge >= 0.3 is 0 Å². The summed E-state index contributed by atoms with van der Waals surface area (Å²) in [5.74, 6) is -4.05. The van der Waals surface area contributed by atoms with Crippen LogP contribution >= 0.6 is 0 Å². The van der Waals surface area contributed by atoms with Crippen LogP contribution in [0.2, 0.25) is 0 Å². The molecule has 174 valence electrons. The number of benzene rings is 3. The van der Waals surface area contributed by atoms with E-state index in [0.717, 1.165) is 18.2 Å².